The van der Waals surface area contributed by atoms with Crippen LogP contribution in [0.2, 0.25) is 0 Å². The molecule has 4 rings (SSSR count). The first-order valence-electron chi connectivity index (χ1n) is 10.1. The van der Waals surface area contributed by atoms with E-state index in [4.69, 9.17) is 9.15 Å². The van der Waals surface area contributed by atoms with Crippen molar-refractivity contribution in [3.05, 3.63) is 74.6 Å². The van der Waals surface area contributed by atoms with Crippen LogP contribution in [0.4, 0.5) is 0 Å². The maximum Gasteiger partial charge on any atom is 0.290 e. The number of aryl methyl sites for hydroxylation is 2. The second-order valence-electron chi connectivity index (χ2n) is 7.53. The van der Waals surface area contributed by atoms with Gasteiger partial charge in [0.15, 0.2) is 5.43 Å². The zero-order chi connectivity index (χ0) is 20.7. The molecule has 1 aliphatic rings. The van der Waals surface area contributed by atoms with Crippen LogP contribution in [0.15, 0.2) is 45.6 Å². The van der Waals surface area contributed by atoms with Crippen LogP contribution >= 0.6 is 0 Å². The van der Waals surface area contributed by atoms with E-state index >= 15 is 0 Å². The van der Waals surface area contributed by atoms with E-state index in [1.54, 1.807) is 4.90 Å². The lowest BCUT2D eigenvalue weighted by atomic mass is 9.97. The van der Waals surface area contributed by atoms with Crippen molar-refractivity contribution in [1.82, 2.24) is 4.90 Å². The summed E-state index contributed by atoms with van der Waals surface area (Å²) in [6.07, 6.45) is 0.791. The SMILES string of the molecule is CCCN1C(=O)c2oc3cc(C)cc(C)c3c(=O)c2C1c1ccc(OCC)cc1. The molecular weight excluding hydrogens is 366 g/mol. The zero-order valence-electron chi connectivity index (χ0n) is 17.2. The first kappa shape index (κ1) is 19.2. The van der Waals surface area contributed by atoms with Crippen LogP contribution < -0.4 is 10.2 Å². The minimum atomic E-state index is -0.450. The van der Waals surface area contributed by atoms with E-state index in [0.717, 1.165) is 28.9 Å². The largest absolute Gasteiger partial charge is 0.494 e. The van der Waals surface area contributed by atoms with E-state index in [9.17, 15) is 9.59 Å². The molecule has 0 saturated carbocycles. The van der Waals surface area contributed by atoms with Gasteiger partial charge in [-0.15, -0.1) is 0 Å². The van der Waals surface area contributed by atoms with Gasteiger partial charge in [-0.2, -0.15) is 0 Å². The standard InChI is InChI=1S/C24H25NO4/c1-5-11-25-21(16-7-9-17(10-8-16)28-6-2)20-22(26)19-15(4)12-14(3)13-18(19)29-23(20)24(25)27/h7-10,12-13,21H,5-6,11H2,1-4H3. The van der Waals surface area contributed by atoms with E-state index in [1.807, 2.05) is 64.1 Å². The van der Waals surface area contributed by atoms with Crippen molar-refractivity contribution in [3.8, 4) is 5.75 Å². The molecule has 1 aromatic heterocycles. The summed E-state index contributed by atoms with van der Waals surface area (Å²) >= 11 is 0. The Morgan fingerprint density at radius 3 is 2.45 bits per heavy atom. The van der Waals surface area contributed by atoms with Crippen LogP contribution in [-0.4, -0.2) is 24.0 Å². The molecule has 1 unspecified atom stereocenters. The molecule has 0 N–H and O–H groups in total. The third-order valence-electron chi connectivity index (χ3n) is 5.38. The van der Waals surface area contributed by atoms with Gasteiger partial charge in [-0.25, -0.2) is 0 Å². The van der Waals surface area contributed by atoms with E-state index in [2.05, 4.69) is 0 Å². The molecule has 5 nitrogen and oxygen atoms in total. The lowest BCUT2D eigenvalue weighted by Crippen LogP contribution is -2.30. The molecule has 5 heteroatoms. The van der Waals surface area contributed by atoms with Crippen molar-refractivity contribution in [3.63, 3.8) is 0 Å². The van der Waals surface area contributed by atoms with Gasteiger partial charge in [0, 0.05) is 6.54 Å². The van der Waals surface area contributed by atoms with E-state index in [1.165, 1.54) is 0 Å². The van der Waals surface area contributed by atoms with Gasteiger partial charge in [0.2, 0.25) is 5.76 Å². The number of carbonyl (C=O) groups is 1. The van der Waals surface area contributed by atoms with Crippen molar-refractivity contribution in [1.29, 1.82) is 0 Å². The van der Waals surface area contributed by atoms with Crippen LogP contribution in [-0.2, 0) is 0 Å². The summed E-state index contributed by atoms with van der Waals surface area (Å²) in [5.74, 6) is 0.707. The summed E-state index contributed by atoms with van der Waals surface area (Å²) in [4.78, 5) is 28.5. The van der Waals surface area contributed by atoms with E-state index in [0.29, 0.717) is 29.7 Å². The molecule has 0 fully saturated rings. The van der Waals surface area contributed by atoms with E-state index < -0.39 is 6.04 Å². The molecule has 1 aliphatic heterocycles. The number of fused-ring (bicyclic) bond motifs is 2. The van der Waals surface area contributed by atoms with Crippen LogP contribution in [0.25, 0.3) is 11.0 Å². The van der Waals surface area contributed by atoms with Gasteiger partial charge in [0.05, 0.1) is 23.6 Å². The average Bonchev–Trinajstić information content (AvgIpc) is 2.95. The van der Waals surface area contributed by atoms with Crippen molar-refractivity contribution in [2.75, 3.05) is 13.2 Å². The fourth-order valence-corrected chi connectivity index (χ4v) is 4.24. The highest BCUT2D eigenvalue weighted by molar-refractivity contribution is 5.99. The van der Waals surface area contributed by atoms with Gasteiger partial charge in [-0.05, 0) is 62.1 Å². The molecule has 1 atom stereocenters. The highest BCUT2D eigenvalue weighted by atomic mass is 16.5. The van der Waals surface area contributed by atoms with Gasteiger partial charge < -0.3 is 14.1 Å². The van der Waals surface area contributed by atoms with Gasteiger partial charge in [-0.1, -0.05) is 25.1 Å². The molecule has 0 aliphatic carbocycles. The van der Waals surface area contributed by atoms with Crippen LogP contribution in [0.5, 0.6) is 5.75 Å². The van der Waals surface area contributed by atoms with Crippen molar-refractivity contribution < 1.29 is 13.9 Å². The average molecular weight is 391 g/mol. The third-order valence-corrected chi connectivity index (χ3v) is 5.38. The Kier molecular flexibility index (Phi) is 4.91. The quantitative estimate of drug-likeness (QED) is 0.629. The summed E-state index contributed by atoms with van der Waals surface area (Å²) in [7, 11) is 0. The monoisotopic (exact) mass is 391 g/mol. The third kappa shape index (κ3) is 3.11. The predicted octanol–water partition coefficient (Wildman–Crippen LogP) is 4.76. The normalized spacial score (nSPS) is 15.8. The smallest absolute Gasteiger partial charge is 0.290 e. The minimum absolute atomic E-state index is 0.121. The summed E-state index contributed by atoms with van der Waals surface area (Å²) in [5.41, 5.74) is 3.53. The highest BCUT2D eigenvalue weighted by Gasteiger charge is 2.42. The number of ether oxygens (including phenoxy) is 1. The minimum Gasteiger partial charge on any atom is -0.494 e. The molecule has 29 heavy (non-hydrogen) atoms. The fourth-order valence-electron chi connectivity index (χ4n) is 4.24. The van der Waals surface area contributed by atoms with Crippen molar-refractivity contribution >= 4 is 16.9 Å². The number of amides is 1. The van der Waals surface area contributed by atoms with Crippen LogP contribution in [0.1, 0.15) is 59.1 Å². The molecule has 3 aromatic rings. The van der Waals surface area contributed by atoms with Crippen molar-refractivity contribution in [2.45, 2.75) is 40.2 Å². The van der Waals surface area contributed by atoms with Crippen molar-refractivity contribution in [2.24, 2.45) is 0 Å². The van der Waals surface area contributed by atoms with Crippen LogP contribution in [0.3, 0.4) is 0 Å². The summed E-state index contributed by atoms with van der Waals surface area (Å²) in [5, 5.41) is 0.552. The molecule has 150 valence electrons. The number of rotatable bonds is 5. The number of nitrogens with zero attached hydrogens (tertiary/aromatic N) is 1. The summed E-state index contributed by atoms with van der Waals surface area (Å²) in [6, 6.07) is 10.9. The Balaban J connectivity index is 1.95. The Bertz CT molecular complexity index is 1140. The molecule has 1 amide bonds. The van der Waals surface area contributed by atoms with Gasteiger partial charge >= 0.3 is 0 Å². The topological polar surface area (TPSA) is 59.8 Å². The fraction of sp³-hybridized carbons (Fsp3) is 0.333. The van der Waals surface area contributed by atoms with Gasteiger partial charge in [-0.3, -0.25) is 9.59 Å². The number of benzene rings is 2. The molecule has 2 aromatic carbocycles. The predicted molar refractivity (Wildman–Crippen MR) is 113 cm³/mol. The first-order chi connectivity index (χ1) is 14.0. The molecule has 0 bridgehead atoms. The molecule has 0 radical (unpaired) electrons. The van der Waals surface area contributed by atoms with Gasteiger partial charge in [0.1, 0.15) is 11.3 Å². The molecule has 0 saturated heterocycles. The van der Waals surface area contributed by atoms with E-state index in [-0.39, 0.29) is 17.1 Å². The molecule has 0 spiro atoms. The highest BCUT2D eigenvalue weighted by Crippen LogP contribution is 2.39. The Morgan fingerprint density at radius 1 is 1.07 bits per heavy atom. The van der Waals surface area contributed by atoms with Crippen LogP contribution in [0, 0.1) is 13.8 Å². The maximum absolute atomic E-state index is 13.5. The second kappa shape index (κ2) is 7.39. The Morgan fingerprint density at radius 2 is 1.79 bits per heavy atom. The number of carbonyl (C=O) groups excluding carboxylic acids is 1. The summed E-state index contributed by atoms with van der Waals surface area (Å²) in [6.45, 7) is 8.95. The summed E-state index contributed by atoms with van der Waals surface area (Å²) < 4.78 is 11.6. The maximum atomic E-state index is 13.5. The Hall–Kier alpha value is -3.08. The Labute approximate surface area is 169 Å². The molecular formula is C24H25NO4. The lowest BCUT2D eigenvalue weighted by molar-refractivity contribution is 0.0728. The zero-order valence-corrected chi connectivity index (χ0v) is 17.2. The lowest BCUT2D eigenvalue weighted by Gasteiger charge is -2.24. The van der Waals surface area contributed by atoms with Gasteiger partial charge in [0.25, 0.3) is 5.91 Å². The number of hydrogen-bond donors (Lipinski definition) is 0. The second-order valence-corrected chi connectivity index (χ2v) is 7.53. The number of hydrogen-bond acceptors (Lipinski definition) is 4. The first-order valence-corrected chi connectivity index (χ1v) is 10.1. The molecule has 2 heterocycles.